The molecule has 212 valence electrons. The lowest BCUT2D eigenvalue weighted by Crippen LogP contribution is -2.57. The number of carbonyl (C=O) groups is 3. The smallest absolute Gasteiger partial charge is 0.246 e. The van der Waals surface area contributed by atoms with Gasteiger partial charge in [-0.25, -0.2) is 0 Å². The Balaban J connectivity index is 1.38. The van der Waals surface area contributed by atoms with Gasteiger partial charge in [-0.1, -0.05) is 31.9 Å². The van der Waals surface area contributed by atoms with Crippen molar-refractivity contribution >= 4 is 23.4 Å². The number of nitrogens with zero attached hydrogens (tertiary/aromatic N) is 1. The van der Waals surface area contributed by atoms with E-state index in [1.807, 2.05) is 26.0 Å². The Labute approximate surface area is 230 Å². The summed E-state index contributed by atoms with van der Waals surface area (Å²) in [5.41, 5.74) is -0.542. The van der Waals surface area contributed by atoms with E-state index in [1.54, 1.807) is 29.2 Å². The molecule has 1 aliphatic carbocycles. The summed E-state index contributed by atoms with van der Waals surface area (Å²) in [7, 11) is 0. The SMILES string of the molecule is CCOCCCN1C(=O)[C@@H]2[C@H](C(=O)Nc3ccc(OCC)cc3)[C@@H]3C=C[C@@]2(O3)[C@@H]1C(=O)N[C@H]1CCCC[C@@H]1C. The van der Waals surface area contributed by atoms with Crippen molar-refractivity contribution in [1.29, 1.82) is 0 Å². The summed E-state index contributed by atoms with van der Waals surface area (Å²) in [6.45, 7) is 8.01. The van der Waals surface area contributed by atoms with Crippen molar-refractivity contribution in [1.82, 2.24) is 10.2 Å². The van der Waals surface area contributed by atoms with Crippen LogP contribution in [0.3, 0.4) is 0 Å². The molecule has 2 bridgehead atoms. The van der Waals surface area contributed by atoms with E-state index >= 15 is 0 Å². The lowest BCUT2D eigenvalue weighted by molar-refractivity contribution is -0.141. The van der Waals surface area contributed by atoms with Gasteiger partial charge in [0.1, 0.15) is 17.4 Å². The summed E-state index contributed by atoms with van der Waals surface area (Å²) in [6, 6.07) is 6.40. The predicted molar refractivity (Wildman–Crippen MR) is 146 cm³/mol. The van der Waals surface area contributed by atoms with Crippen molar-refractivity contribution in [3.63, 3.8) is 0 Å². The Kier molecular flexibility index (Phi) is 8.28. The first kappa shape index (κ1) is 27.6. The first-order chi connectivity index (χ1) is 18.9. The number of benzene rings is 1. The molecular formula is C30H41N3O6. The van der Waals surface area contributed by atoms with Gasteiger partial charge >= 0.3 is 0 Å². The maximum absolute atomic E-state index is 14.0. The third kappa shape index (κ3) is 5.18. The normalized spacial score (nSPS) is 32.8. The van der Waals surface area contributed by atoms with Crippen molar-refractivity contribution in [2.45, 2.75) is 76.7 Å². The van der Waals surface area contributed by atoms with Gasteiger partial charge < -0.3 is 29.7 Å². The van der Waals surface area contributed by atoms with Crippen LogP contribution in [-0.2, 0) is 23.9 Å². The fraction of sp³-hybridized carbons (Fsp3) is 0.633. The molecule has 9 nitrogen and oxygen atoms in total. The molecule has 1 aromatic rings. The highest BCUT2D eigenvalue weighted by Gasteiger charge is 2.72. The molecule has 39 heavy (non-hydrogen) atoms. The van der Waals surface area contributed by atoms with Gasteiger partial charge in [-0.15, -0.1) is 0 Å². The largest absolute Gasteiger partial charge is 0.494 e. The second-order valence-electron chi connectivity index (χ2n) is 11.1. The molecule has 0 radical (unpaired) electrons. The third-order valence-corrected chi connectivity index (χ3v) is 8.69. The zero-order chi connectivity index (χ0) is 27.6. The van der Waals surface area contributed by atoms with Crippen molar-refractivity contribution in [2.24, 2.45) is 17.8 Å². The van der Waals surface area contributed by atoms with Crippen molar-refractivity contribution in [3.05, 3.63) is 36.4 Å². The van der Waals surface area contributed by atoms with Crippen molar-refractivity contribution < 1.29 is 28.6 Å². The van der Waals surface area contributed by atoms with Crippen LogP contribution in [0, 0.1) is 17.8 Å². The van der Waals surface area contributed by atoms with Gasteiger partial charge in [0, 0.05) is 31.5 Å². The summed E-state index contributed by atoms with van der Waals surface area (Å²) in [4.78, 5) is 43.1. The van der Waals surface area contributed by atoms with Crippen LogP contribution in [0.4, 0.5) is 5.69 Å². The number of fused-ring (bicyclic) bond motifs is 1. The second-order valence-corrected chi connectivity index (χ2v) is 11.1. The number of carbonyl (C=O) groups excluding carboxylic acids is 3. The number of nitrogens with one attached hydrogen (secondary N) is 2. The predicted octanol–water partition coefficient (Wildman–Crippen LogP) is 3.30. The molecule has 4 aliphatic rings. The van der Waals surface area contributed by atoms with Gasteiger partial charge in [-0.2, -0.15) is 0 Å². The van der Waals surface area contributed by atoms with Crippen LogP contribution >= 0.6 is 0 Å². The first-order valence-electron chi connectivity index (χ1n) is 14.5. The molecule has 5 rings (SSSR count). The monoisotopic (exact) mass is 539 g/mol. The van der Waals surface area contributed by atoms with E-state index in [0.717, 1.165) is 25.0 Å². The van der Waals surface area contributed by atoms with E-state index in [2.05, 4.69) is 17.6 Å². The van der Waals surface area contributed by atoms with Gasteiger partial charge in [-0.05, 0) is 63.3 Å². The van der Waals surface area contributed by atoms with Crippen LogP contribution in [-0.4, -0.2) is 72.8 Å². The molecule has 0 aromatic heterocycles. The van der Waals surface area contributed by atoms with Gasteiger partial charge in [0.15, 0.2) is 0 Å². The molecule has 0 unspecified atom stereocenters. The summed E-state index contributed by atoms with van der Waals surface area (Å²) in [6.07, 6.45) is 8.00. The molecule has 3 fully saturated rings. The molecule has 1 saturated carbocycles. The maximum atomic E-state index is 14.0. The third-order valence-electron chi connectivity index (χ3n) is 8.69. The topological polar surface area (TPSA) is 106 Å². The number of rotatable bonds is 11. The molecule has 3 heterocycles. The minimum Gasteiger partial charge on any atom is -0.494 e. The van der Waals surface area contributed by atoms with E-state index in [4.69, 9.17) is 14.2 Å². The average molecular weight is 540 g/mol. The number of ether oxygens (including phenoxy) is 3. The first-order valence-corrected chi connectivity index (χ1v) is 14.5. The molecular weight excluding hydrogens is 498 g/mol. The zero-order valence-corrected chi connectivity index (χ0v) is 23.2. The fourth-order valence-electron chi connectivity index (χ4n) is 6.81. The van der Waals surface area contributed by atoms with Crippen LogP contribution < -0.4 is 15.4 Å². The molecule has 7 atom stereocenters. The highest BCUT2D eigenvalue weighted by molar-refractivity contribution is 6.02. The summed E-state index contributed by atoms with van der Waals surface area (Å²) in [5.74, 6) is -1.08. The van der Waals surface area contributed by atoms with Gasteiger partial charge in [-0.3, -0.25) is 14.4 Å². The molecule has 2 N–H and O–H groups in total. The van der Waals surface area contributed by atoms with Crippen LogP contribution in [0.5, 0.6) is 5.75 Å². The minimum absolute atomic E-state index is 0.0726. The Hall–Kier alpha value is -2.91. The number of anilines is 1. The lowest BCUT2D eigenvalue weighted by atomic mass is 9.74. The number of amides is 3. The zero-order valence-electron chi connectivity index (χ0n) is 23.2. The summed E-state index contributed by atoms with van der Waals surface area (Å²) >= 11 is 0. The van der Waals surface area contributed by atoms with Gasteiger partial charge in [0.05, 0.1) is 24.5 Å². The maximum Gasteiger partial charge on any atom is 0.246 e. The molecule has 3 aliphatic heterocycles. The average Bonchev–Trinajstić information content (AvgIpc) is 3.56. The standard InChI is InChI=1S/C30H41N3O6/c1-4-37-18-8-17-33-26(28(35)32-22-10-7-6-9-19(22)3)30-16-15-23(39-30)24(25(30)29(33)36)27(34)31-20-11-13-21(14-12-20)38-5-2/h11-16,19,22-26H,4-10,17-18H2,1-3H3,(H,31,34)(H,32,35)/t19-,22-,23-,24+,25-,26-,30-/m0/s1. The Morgan fingerprint density at radius 2 is 1.87 bits per heavy atom. The summed E-state index contributed by atoms with van der Waals surface area (Å²) < 4.78 is 17.4. The Bertz CT molecular complexity index is 1090. The second kappa shape index (κ2) is 11.7. The quantitative estimate of drug-likeness (QED) is 0.330. The van der Waals surface area contributed by atoms with E-state index in [0.29, 0.717) is 44.4 Å². The van der Waals surface area contributed by atoms with Gasteiger partial charge in [0.2, 0.25) is 17.7 Å². The number of hydrogen-bond donors (Lipinski definition) is 2. The Morgan fingerprint density at radius 3 is 2.59 bits per heavy atom. The van der Waals surface area contributed by atoms with E-state index in [9.17, 15) is 14.4 Å². The Morgan fingerprint density at radius 1 is 1.10 bits per heavy atom. The van der Waals surface area contributed by atoms with Crippen LogP contribution in [0.2, 0.25) is 0 Å². The van der Waals surface area contributed by atoms with E-state index < -0.39 is 29.6 Å². The lowest BCUT2D eigenvalue weighted by Gasteiger charge is -2.36. The van der Waals surface area contributed by atoms with E-state index in [-0.39, 0.29) is 23.8 Å². The molecule has 2 saturated heterocycles. The van der Waals surface area contributed by atoms with Crippen LogP contribution in [0.25, 0.3) is 0 Å². The molecule has 3 amide bonds. The minimum atomic E-state index is -1.16. The number of likely N-dealkylation sites (tertiary alicyclic amines) is 1. The number of hydrogen-bond acceptors (Lipinski definition) is 6. The van der Waals surface area contributed by atoms with Crippen LogP contribution in [0.15, 0.2) is 36.4 Å². The molecule has 9 heteroatoms. The van der Waals surface area contributed by atoms with Crippen molar-refractivity contribution in [3.8, 4) is 5.75 Å². The van der Waals surface area contributed by atoms with Crippen LogP contribution in [0.1, 0.15) is 52.9 Å². The molecule has 1 aromatic carbocycles. The van der Waals surface area contributed by atoms with E-state index in [1.165, 1.54) is 6.42 Å². The van der Waals surface area contributed by atoms with Gasteiger partial charge in [0.25, 0.3) is 0 Å². The highest BCUT2D eigenvalue weighted by atomic mass is 16.5. The van der Waals surface area contributed by atoms with Crippen molar-refractivity contribution in [2.75, 3.05) is 31.7 Å². The highest BCUT2D eigenvalue weighted by Crippen LogP contribution is 2.55. The summed E-state index contributed by atoms with van der Waals surface area (Å²) in [5, 5.41) is 6.22. The fourth-order valence-corrected chi connectivity index (χ4v) is 6.81. The molecule has 1 spiro atoms.